The van der Waals surface area contributed by atoms with E-state index >= 15 is 0 Å². The van der Waals surface area contributed by atoms with Crippen LogP contribution in [0.3, 0.4) is 0 Å². The Morgan fingerprint density at radius 1 is 0.842 bits per heavy atom. The molecule has 1 fully saturated rings. The number of piperidine rings is 1. The summed E-state index contributed by atoms with van der Waals surface area (Å²) in [7, 11) is 1.74. The minimum absolute atomic E-state index is 0.286. The van der Waals surface area contributed by atoms with E-state index in [1.54, 1.807) is 13.2 Å². The number of hydrogen-bond donors (Lipinski definition) is 1. The quantitative estimate of drug-likeness (QED) is 0.223. The van der Waals surface area contributed by atoms with Crippen molar-refractivity contribution in [2.75, 3.05) is 33.4 Å². The predicted molar refractivity (Wildman–Crippen MR) is 157 cm³/mol. The molecule has 4 aromatic carbocycles. The predicted octanol–water partition coefficient (Wildman–Crippen LogP) is 7.63. The third kappa shape index (κ3) is 5.97. The van der Waals surface area contributed by atoms with Gasteiger partial charge in [-0.3, -0.25) is 0 Å². The number of aromatic hydroxyl groups is 1. The summed E-state index contributed by atoms with van der Waals surface area (Å²) in [4.78, 5) is 2.56. The maximum atomic E-state index is 10.1. The molecule has 1 saturated heterocycles. The molecule has 0 radical (unpaired) electrons. The number of fused-ring (bicyclic) bond motifs is 1. The highest BCUT2D eigenvalue weighted by molar-refractivity contribution is 5.93. The molecule has 1 N–H and O–H groups in total. The lowest BCUT2D eigenvalue weighted by Crippen LogP contribution is -2.31. The van der Waals surface area contributed by atoms with Crippen LogP contribution in [0.15, 0.2) is 72.8 Å². The molecule has 1 heterocycles. The van der Waals surface area contributed by atoms with Gasteiger partial charge in [-0.1, -0.05) is 55.8 Å². The zero-order valence-electron chi connectivity index (χ0n) is 22.7. The topological polar surface area (TPSA) is 41.9 Å². The summed E-state index contributed by atoms with van der Waals surface area (Å²) in [6.07, 6.45) is 6.78. The highest BCUT2D eigenvalue weighted by Crippen LogP contribution is 2.38. The molecule has 4 heteroatoms. The molecule has 0 aliphatic carbocycles. The molecular formula is C34H39NO3. The first-order chi connectivity index (χ1) is 18.7. The largest absolute Gasteiger partial charge is 0.508 e. The number of nitrogens with zero attached hydrogens (tertiary/aromatic N) is 1. The van der Waals surface area contributed by atoms with Crippen molar-refractivity contribution >= 4 is 10.8 Å². The molecule has 0 spiro atoms. The van der Waals surface area contributed by atoms with Crippen molar-refractivity contribution in [2.24, 2.45) is 0 Å². The minimum Gasteiger partial charge on any atom is -0.508 e. The van der Waals surface area contributed by atoms with Crippen LogP contribution in [0.4, 0.5) is 0 Å². The van der Waals surface area contributed by atoms with Gasteiger partial charge in [-0.25, -0.2) is 0 Å². The fraction of sp³-hybridized carbons (Fsp3) is 0.353. The second kappa shape index (κ2) is 12.4. The lowest BCUT2D eigenvalue weighted by atomic mass is 9.87. The van der Waals surface area contributed by atoms with Gasteiger partial charge in [0.2, 0.25) is 0 Å². The lowest BCUT2D eigenvalue weighted by molar-refractivity contribution is 0.205. The smallest absolute Gasteiger partial charge is 0.122 e. The molecule has 1 aliphatic rings. The summed E-state index contributed by atoms with van der Waals surface area (Å²) in [5.41, 5.74) is 6.10. The normalized spacial score (nSPS) is 14.1. The van der Waals surface area contributed by atoms with Gasteiger partial charge in [0.05, 0.1) is 13.7 Å². The maximum Gasteiger partial charge on any atom is 0.122 e. The highest BCUT2D eigenvalue weighted by Gasteiger charge is 2.16. The molecule has 0 atom stereocenters. The number of hydrogen-bond acceptors (Lipinski definition) is 4. The first-order valence-corrected chi connectivity index (χ1v) is 14.0. The van der Waals surface area contributed by atoms with Crippen LogP contribution in [-0.2, 0) is 12.8 Å². The Balaban J connectivity index is 1.38. The Kier molecular flexibility index (Phi) is 8.50. The Morgan fingerprint density at radius 3 is 2.39 bits per heavy atom. The Morgan fingerprint density at radius 2 is 1.63 bits per heavy atom. The summed E-state index contributed by atoms with van der Waals surface area (Å²) in [6, 6.07) is 24.8. The van der Waals surface area contributed by atoms with E-state index < -0.39 is 0 Å². The molecule has 0 amide bonds. The average molecular weight is 510 g/mol. The number of benzene rings is 4. The lowest BCUT2D eigenvalue weighted by Gasteiger charge is -2.26. The van der Waals surface area contributed by atoms with Crippen LogP contribution in [0.5, 0.6) is 17.2 Å². The van der Waals surface area contributed by atoms with E-state index in [0.717, 1.165) is 54.7 Å². The Labute approximate surface area is 226 Å². The Bertz CT molecular complexity index is 1360. The van der Waals surface area contributed by atoms with Gasteiger partial charge < -0.3 is 19.5 Å². The van der Waals surface area contributed by atoms with Crippen LogP contribution in [0.1, 0.15) is 49.3 Å². The van der Waals surface area contributed by atoms with Gasteiger partial charge in [0.15, 0.2) is 0 Å². The van der Waals surface area contributed by atoms with Crippen molar-refractivity contribution in [2.45, 2.75) is 45.4 Å². The number of rotatable bonds is 10. The monoisotopic (exact) mass is 509 g/mol. The van der Waals surface area contributed by atoms with E-state index in [1.165, 1.54) is 60.2 Å². The van der Waals surface area contributed by atoms with Crippen molar-refractivity contribution in [3.8, 4) is 28.4 Å². The van der Waals surface area contributed by atoms with Crippen molar-refractivity contribution in [1.82, 2.24) is 4.90 Å². The average Bonchev–Trinajstić information content (AvgIpc) is 2.96. The molecule has 5 rings (SSSR count). The second-order valence-electron chi connectivity index (χ2n) is 10.3. The first-order valence-electron chi connectivity index (χ1n) is 14.0. The van der Waals surface area contributed by atoms with Gasteiger partial charge in [-0.15, -0.1) is 0 Å². The van der Waals surface area contributed by atoms with Gasteiger partial charge in [0.1, 0.15) is 17.2 Å². The van der Waals surface area contributed by atoms with E-state index in [2.05, 4.69) is 60.4 Å². The molecule has 0 aromatic heterocycles. The number of phenols is 1. The summed E-state index contributed by atoms with van der Waals surface area (Å²) >= 11 is 0. The van der Waals surface area contributed by atoms with E-state index in [9.17, 15) is 5.11 Å². The van der Waals surface area contributed by atoms with Crippen LogP contribution >= 0.6 is 0 Å². The van der Waals surface area contributed by atoms with Gasteiger partial charge in [0, 0.05) is 12.1 Å². The fourth-order valence-corrected chi connectivity index (χ4v) is 5.77. The maximum absolute atomic E-state index is 10.1. The van der Waals surface area contributed by atoms with Crippen LogP contribution in [-0.4, -0.2) is 43.4 Å². The number of likely N-dealkylation sites (tertiary alicyclic amines) is 1. The van der Waals surface area contributed by atoms with Crippen molar-refractivity contribution in [1.29, 1.82) is 0 Å². The van der Waals surface area contributed by atoms with Crippen molar-refractivity contribution in [3.05, 3.63) is 89.5 Å². The first kappa shape index (κ1) is 26.1. The van der Waals surface area contributed by atoms with Gasteiger partial charge in [-0.2, -0.15) is 0 Å². The molecule has 0 unspecified atom stereocenters. The summed E-state index contributed by atoms with van der Waals surface area (Å²) in [5, 5.41) is 12.3. The van der Waals surface area contributed by atoms with E-state index in [1.807, 2.05) is 18.2 Å². The third-order valence-electron chi connectivity index (χ3n) is 7.75. The summed E-state index contributed by atoms with van der Waals surface area (Å²) < 4.78 is 11.8. The van der Waals surface area contributed by atoms with Gasteiger partial charge >= 0.3 is 0 Å². The number of methoxy groups -OCH3 is 1. The number of phenolic OH excluding ortho intramolecular Hbond substituents is 1. The molecule has 38 heavy (non-hydrogen) atoms. The van der Waals surface area contributed by atoms with Crippen molar-refractivity contribution < 1.29 is 14.6 Å². The standard InChI is InChI=1S/C34H39NO3/c1-3-29-31(9-7-10-34(29)37-2)32-17-13-26-24-27(36)14-18-30(26)33(32)23-25-11-15-28(16-12-25)38-22-8-21-35-19-5-4-6-20-35/h7,9-18,24,36H,3-6,8,19-23H2,1-2H3. The van der Waals surface area contributed by atoms with Crippen molar-refractivity contribution in [3.63, 3.8) is 0 Å². The second-order valence-corrected chi connectivity index (χ2v) is 10.3. The minimum atomic E-state index is 0.286. The molecule has 4 nitrogen and oxygen atoms in total. The van der Waals surface area contributed by atoms with E-state index in [0.29, 0.717) is 0 Å². The molecule has 4 aromatic rings. The highest BCUT2D eigenvalue weighted by atomic mass is 16.5. The van der Waals surface area contributed by atoms with Crippen LogP contribution in [0.25, 0.3) is 21.9 Å². The Hall–Kier alpha value is -3.50. The zero-order chi connectivity index (χ0) is 26.3. The van der Waals surface area contributed by atoms with E-state index in [-0.39, 0.29) is 5.75 Å². The molecule has 198 valence electrons. The molecule has 1 aliphatic heterocycles. The van der Waals surface area contributed by atoms with Gasteiger partial charge in [-0.05, 0) is 109 Å². The SMILES string of the molecule is CCc1c(OC)cccc1-c1ccc2cc(O)ccc2c1Cc1ccc(OCCCN2CCCCC2)cc1. The fourth-order valence-electron chi connectivity index (χ4n) is 5.77. The van der Waals surface area contributed by atoms with E-state index in [4.69, 9.17) is 9.47 Å². The third-order valence-corrected chi connectivity index (χ3v) is 7.75. The molecule has 0 saturated carbocycles. The number of ether oxygens (including phenoxy) is 2. The molecular weight excluding hydrogens is 470 g/mol. The van der Waals surface area contributed by atoms with Crippen LogP contribution in [0, 0.1) is 0 Å². The van der Waals surface area contributed by atoms with Crippen LogP contribution < -0.4 is 9.47 Å². The molecule has 0 bridgehead atoms. The summed E-state index contributed by atoms with van der Waals surface area (Å²) in [6.45, 7) is 6.52. The zero-order valence-corrected chi connectivity index (χ0v) is 22.7. The van der Waals surface area contributed by atoms with Gasteiger partial charge in [0.25, 0.3) is 0 Å². The summed E-state index contributed by atoms with van der Waals surface area (Å²) in [5.74, 6) is 2.13. The van der Waals surface area contributed by atoms with Crippen LogP contribution in [0.2, 0.25) is 0 Å².